The van der Waals surface area contributed by atoms with Crippen LogP contribution in [-0.4, -0.2) is 36.5 Å². The molecule has 0 spiro atoms. The van der Waals surface area contributed by atoms with E-state index in [4.69, 9.17) is 4.74 Å². The van der Waals surface area contributed by atoms with Crippen LogP contribution < -0.4 is 0 Å². The van der Waals surface area contributed by atoms with Gasteiger partial charge in [-0.1, -0.05) is 0 Å². The molecule has 1 aliphatic rings. The Morgan fingerprint density at radius 1 is 1.24 bits per heavy atom. The van der Waals surface area contributed by atoms with Gasteiger partial charge < -0.3 is 9.64 Å². The number of ether oxygens (including phenoxy) is 1. The first-order chi connectivity index (χ1) is 8.04. The molecule has 98 valence electrons. The van der Waals surface area contributed by atoms with Gasteiger partial charge in [-0.15, -0.1) is 0 Å². The van der Waals surface area contributed by atoms with E-state index in [1.807, 2.05) is 18.9 Å². The second kappa shape index (κ2) is 6.62. The molecule has 0 N–H and O–H groups in total. The zero-order chi connectivity index (χ0) is 12.8. The van der Waals surface area contributed by atoms with Crippen molar-refractivity contribution in [3.05, 3.63) is 0 Å². The van der Waals surface area contributed by atoms with Crippen molar-refractivity contribution >= 4 is 11.9 Å². The van der Waals surface area contributed by atoms with Gasteiger partial charge >= 0.3 is 5.97 Å². The van der Waals surface area contributed by atoms with Crippen LogP contribution in [-0.2, 0) is 14.3 Å². The zero-order valence-electron chi connectivity index (χ0n) is 11.1. The topological polar surface area (TPSA) is 46.6 Å². The molecule has 1 amide bonds. The quantitative estimate of drug-likeness (QED) is 0.707. The van der Waals surface area contributed by atoms with Gasteiger partial charge in [-0.3, -0.25) is 9.59 Å². The van der Waals surface area contributed by atoms with Crippen LogP contribution in [0, 0.1) is 5.92 Å². The summed E-state index contributed by atoms with van der Waals surface area (Å²) in [6.45, 7) is 3.89. The second-order valence-electron chi connectivity index (χ2n) is 4.81. The van der Waals surface area contributed by atoms with E-state index in [9.17, 15) is 9.59 Å². The number of esters is 1. The van der Waals surface area contributed by atoms with E-state index < -0.39 is 0 Å². The Morgan fingerprint density at radius 2 is 1.82 bits per heavy atom. The molecular formula is C13H23NO3. The van der Waals surface area contributed by atoms with Crippen molar-refractivity contribution in [1.82, 2.24) is 4.90 Å². The monoisotopic (exact) mass is 241 g/mol. The maximum absolute atomic E-state index is 11.3. The van der Waals surface area contributed by atoms with Crippen molar-refractivity contribution in [2.75, 3.05) is 13.7 Å². The number of carbonyl (C=O) groups is 2. The molecule has 0 saturated heterocycles. The number of hydrogen-bond donors (Lipinski definition) is 0. The molecule has 0 aliphatic heterocycles. The fourth-order valence-electron chi connectivity index (χ4n) is 2.45. The molecular weight excluding hydrogens is 218 g/mol. The molecule has 0 unspecified atom stereocenters. The number of carbonyl (C=O) groups excluding carboxylic acids is 2. The minimum atomic E-state index is -0.0872. The first-order valence-corrected chi connectivity index (χ1v) is 6.43. The highest BCUT2D eigenvalue weighted by molar-refractivity contribution is 5.73. The van der Waals surface area contributed by atoms with Crippen molar-refractivity contribution < 1.29 is 14.3 Å². The lowest BCUT2D eigenvalue weighted by atomic mass is 9.83. The maximum Gasteiger partial charge on any atom is 0.306 e. The predicted octanol–water partition coefficient (Wildman–Crippen LogP) is 1.98. The molecule has 0 aromatic carbocycles. The summed E-state index contributed by atoms with van der Waals surface area (Å²) in [7, 11) is 1.86. The molecule has 0 aromatic heterocycles. The Hall–Kier alpha value is -1.06. The number of hydrogen-bond acceptors (Lipinski definition) is 3. The Bertz CT molecular complexity index is 270. The standard InChI is InChI=1S/C13H23NO3/c1-4-17-13(16)9-11-5-7-12(8-6-11)14(3)10(2)15/h11-12H,4-9H2,1-3H3. The summed E-state index contributed by atoms with van der Waals surface area (Å²) in [6.07, 6.45) is 4.56. The average Bonchev–Trinajstić information content (AvgIpc) is 2.29. The molecule has 0 radical (unpaired) electrons. The molecule has 0 aromatic rings. The highest BCUT2D eigenvalue weighted by Gasteiger charge is 2.26. The van der Waals surface area contributed by atoms with Gasteiger partial charge in [-0.2, -0.15) is 0 Å². The lowest BCUT2D eigenvalue weighted by Crippen LogP contribution is -2.38. The van der Waals surface area contributed by atoms with Crippen LogP contribution in [0.25, 0.3) is 0 Å². The molecule has 4 heteroatoms. The molecule has 1 aliphatic carbocycles. The summed E-state index contributed by atoms with van der Waals surface area (Å²) >= 11 is 0. The first kappa shape index (κ1) is 14.0. The minimum Gasteiger partial charge on any atom is -0.466 e. The molecule has 1 fully saturated rings. The van der Waals surface area contributed by atoms with Crippen molar-refractivity contribution in [3.8, 4) is 0 Å². The highest BCUT2D eigenvalue weighted by Crippen LogP contribution is 2.29. The molecule has 1 saturated carbocycles. The van der Waals surface area contributed by atoms with Gasteiger partial charge in [-0.05, 0) is 38.5 Å². The van der Waals surface area contributed by atoms with E-state index in [2.05, 4.69) is 0 Å². The van der Waals surface area contributed by atoms with E-state index in [1.165, 1.54) is 0 Å². The van der Waals surface area contributed by atoms with E-state index in [0.29, 0.717) is 25.0 Å². The van der Waals surface area contributed by atoms with Crippen LogP contribution in [0.15, 0.2) is 0 Å². The van der Waals surface area contributed by atoms with Gasteiger partial charge in [0.15, 0.2) is 0 Å². The number of rotatable bonds is 4. The third kappa shape index (κ3) is 4.36. The molecule has 1 rings (SSSR count). The van der Waals surface area contributed by atoms with Crippen LogP contribution in [0.5, 0.6) is 0 Å². The van der Waals surface area contributed by atoms with Gasteiger partial charge in [0.1, 0.15) is 0 Å². The highest BCUT2D eigenvalue weighted by atomic mass is 16.5. The van der Waals surface area contributed by atoms with Gasteiger partial charge in [0.2, 0.25) is 5.91 Å². The lowest BCUT2D eigenvalue weighted by molar-refractivity contribution is -0.144. The predicted molar refractivity (Wildman–Crippen MR) is 65.4 cm³/mol. The van der Waals surface area contributed by atoms with Gasteiger partial charge in [0, 0.05) is 26.4 Å². The molecule has 17 heavy (non-hydrogen) atoms. The Kier molecular flexibility index (Phi) is 5.45. The van der Waals surface area contributed by atoms with E-state index in [1.54, 1.807) is 6.92 Å². The molecule has 0 bridgehead atoms. The number of nitrogens with zero attached hydrogens (tertiary/aromatic N) is 1. The van der Waals surface area contributed by atoms with Crippen LogP contribution >= 0.6 is 0 Å². The largest absolute Gasteiger partial charge is 0.466 e. The van der Waals surface area contributed by atoms with Crippen molar-refractivity contribution in [1.29, 1.82) is 0 Å². The molecule has 0 atom stereocenters. The van der Waals surface area contributed by atoms with Crippen LogP contribution in [0.4, 0.5) is 0 Å². The lowest BCUT2D eigenvalue weighted by Gasteiger charge is -2.33. The smallest absolute Gasteiger partial charge is 0.306 e. The van der Waals surface area contributed by atoms with Crippen molar-refractivity contribution in [3.63, 3.8) is 0 Å². The van der Waals surface area contributed by atoms with Crippen molar-refractivity contribution in [2.45, 2.75) is 52.0 Å². The fraction of sp³-hybridized carbons (Fsp3) is 0.846. The van der Waals surface area contributed by atoms with E-state index in [-0.39, 0.29) is 11.9 Å². The van der Waals surface area contributed by atoms with Crippen LogP contribution in [0.1, 0.15) is 46.0 Å². The van der Waals surface area contributed by atoms with E-state index >= 15 is 0 Å². The van der Waals surface area contributed by atoms with Gasteiger partial charge in [-0.25, -0.2) is 0 Å². The molecule has 0 heterocycles. The van der Waals surface area contributed by atoms with Crippen LogP contribution in [0.2, 0.25) is 0 Å². The van der Waals surface area contributed by atoms with E-state index in [0.717, 1.165) is 25.7 Å². The second-order valence-corrected chi connectivity index (χ2v) is 4.81. The third-order valence-corrected chi connectivity index (χ3v) is 3.62. The zero-order valence-corrected chi connectivity index (χ0v) is 11.1. The first-order valence-electron chi connectivity index (χ1n) is 6.43. The van der Waals surface area contributed by atoms with Crippen molar-refractivity contribution in [2.24, 2.45) is 5.92 Å². The SMILES string of the molecule is CCOC(=O)CC1CCC(N(C)C(C)=O)CC1. The average molecular weight is 241 g/mol. The van der Waals surface area contributed by atoms with Gasteiger partial charge in [0.05, 0.1) is 6.61 Å². The summed E-state index contributed by atoms with van der Waals surface area (Å²) in [5.74, 6) is 0.473. The van der Waals surface area contributed by atoms with Gasteiger partial charge in [0.25, 0.3) is 0 Å². The van der Waals surface area contributed by atoms with Crippen LogP contribution in [0.3, 0.4) is 0 Å². The number of amides is 1. The third-order valence-electron chi connectivity index (χ3n) is 3.62. The Labute approximate surface area is 103 Å². The molecule has 4 nitrogen and oxygen atoms in total. The summed E-state index contributed by atoms with van der Waals surface area (Å²) in [5, 5.41) is 0. The summed E-state index contributed by atoms with van der Waals surface area (Å²) in [5.41, 5.74) is 0. The maximum atomic E-state index is 11.3. The minimum absolute atomic E-state index is 0.0872. The Balaban J connectivity index is 2.30. The fourth-order valence-corrected chi connectivity index (χ4v) is 2.45. The summed E-state index contributed by atoms with van der Waals surface area (Å²) < 4.78 is 4.95. The normalized spacial score (nSPS) is 24.2. The summed E-state index contributed by atoms with van der Waals surface area (Å²) in [6, 6.07) is 0.353. The summed E-state index contributed by atoms with van der Waals surface area (Å²) in [4.78, 5) is 24.4. The Morgan fingerprint density at radius 3 is 2.29 bits per heavy atom.